The molecule has 0 aliphatic heterocycles. The van der Waals surface area contributed by atoms with Crippen LogP contribution >= 0.6 is 11.8 Å². The van der Waals surface area contributed by atoms with Gasteiger partial charge in [0.15, 0.2) is 5.16 Å². The Labute approximate surface area is 126 Å². The van der Waals surface area contributed by atoms with Crippen LogP contribution < -0.4 is 5.43 Å². The Kier molecular flexibility index (Phi) is 4.94. The summed E-state index contributed by atoms with van der Waals surface area (Å²) in [6.45, 7) is 1.71. The van der Waals surface area contributed by atoms with Crippen molar-refractivity contribution in [1.82, 2.24) is 20.2 Å². The molecule has 0 aliphatic rings. The highest BCUT2D eigenvalue weighted by Gasteiger charge is 2.07. The first-order chi connectivity index (χ1) is 10.1. The first-order valence-electron chi connectivity index (χ1n) is 6.16. The van der Waals surface area contributed by atoms with Crippen molar-refractivity contribution in [2.75, 3.05) is 5.75 Å². The molecule has 0 radical (unpaired) electrons. The zero-order valence-corrected chi connectivity index (χ0v) is 12.5. The summed E-state index contributed by atoms with van der Waals surface area (Å²) < 4.78 is 1.73. The molecule has 110 valence electrons. The molecule has 0 atom stereocenters. The predicted octanol–water partition coefficient (Wildman–Crippen LogP) is 1.15. The van der Waals surface area contributed by atoms with Crippen molar-refractivity contribution in [3.8, 4) is 5.75 Å². The van der Waals surface area contributed by atoms with Gasteiger partial charge in [0.05, 0.1) is 11.5 Å². The number of phenolic OH excluding ortho intramolecular Hbond substituents is 1. The quantitative estimate of drug-likeness (QED) is 0.491. The molecule has 7 nitrogen and oxygen atoms in total. The largest absolute Gasteiger partial charge is 0.507 e. The van der Waals surface area contributed by atoms with Crippen molar-refractivity contribution in [1.29, 1.82) is 0 Å². The van der Waals surface area contributed by atoms with Crippen LogP contribution in [0.25, 0.3) is 0 Å². The van der Waals surface area contributed by atoms with Crippen LogP contribution in [0.5, 0.6) is 5.75 Å². The second-order valence-corrected chi connectivity index (χ2v) is 5.20. The number of amides is 1. The maximum absolute atomic E-state index is 11.7. The van der Waals surface area contributed by atoms with Gasteiger partial charge in [0.1, 0.15) is 12.1 Å². The smallest absolute Gasteiger partial charge is 0.250 e. The normalized spacial score (nSPS) is 11.4. The second-order valence-electron chi connectivity index (χ2n) is 4.26. The van der Waals surface area contributed by atoms with Crippen LogP contribution in [0.3, 0.4) is 0 Å². The molecular weight excluding hydrogens is 290 g/mol. The summed E-state index contributed by atoms with van der Waals surface area (Å²) in [5.74, 6) is 0.0589. The molecule has 0 fully saturated rings. The molecule has 0 aliphatic carbocycles. The number of hydrogen-bond acceptors (Lipinski definition) is 6. The van der Waals surface area contributed by atoms with Gasteiger partial charge in [-0.25, -0.2) is 5.43 Å². The van der Waals surface area contributed by atoms with Gasteiger partial charge >= 0.3 is 0 Å². The van der Waals surface area contributed by atoms with Gasteiger partial charge in [0.2, 0.25) is 0 Å². The molecule has 2 rings (SSSR count). The van der Waals surface area contributed by atoms with Crippen LogP contribution in [0.4, 0.5) is 0 Å². The van der Waals surface area contributed by atoms with Crippen LogP contribution in [0.2, 0.25) is 0 Å². The lowest BCUT2D eigenvalue weighted by Crippen LogP contribution is -2.21. The zero-order chi connectivity index (χ0) is 15.2. The summed E-state index contributed by atoms with van der Waals surface area (Å²) in [5, 5.41) is 21.9. The molecule has 0 saturated carbocycles. The van der Waals surface area contributed by atoms with Crippen LogP contribution in [-0.2, 0) is 11.8 Å². The molecule has 8 heteroatoms. The van der Waals surface area contributed by atoms with Crippen molar-refractivity contribution in [3.63, 3.8) is 0 Å². The van der Waals surface area contributed by atoms with Crippen molar-refractivity contribution in [3.05, 3.63) is 36.2 Å². The van der Waals surface area contributed by atoms with Gasteiger partial charge in [-0.1, -0.05) is 23.9 Å². The topological polar surface area (TPSA) is 92.4 Å². The molecule has 0 unspecified atom stereocenters. The third-order valence-corrected chi connectivity index (χ3v) is 3.68. The lowest BCUT2D eigenvalue weighted by molar-refractivity contribution is -0.118. The number of para-hydroxylation sites is 1. The molecule has 0 bridgehead atoms. The number of nitrogens with zero attached hydrogens (tertiary/aromatic N) is 4. The summed E-state index contributed by atoms with van der Waals surface area (Å²) in [4.78, 5) is 11.7. The van der Waals surface area contributed by atoms with E-state index in [2.05, 4.69) is 20.7 Å². The third kappa shape index (κ3) is 4.06. The van der Waals surface area contributed by atoms with Crippen LogP contribution in [0.1, 0.15) is 12.5 Å². The highest BCUT2D eigenvalue weighted by atomic mass is 32.2. The van der Waals surface area contributed by atoms with Crippen molar-refractivity contribution in [2.45, 2.75) is 12.1 Å². The van der Waals surface area contributed by atoms with Gasteiger partial charge in [0.25, 0.3) is 5.91 Å². The minimum atomic E-state index is -0.252. The van der Waals surface area contributed by atoms with Crippen LogP contribution in [0, 0.1) is 0 Å². The van der Waals surface area contributed by atoms with E-state index in [1.165, 1.54) is 11.8 Å². The number of aromatic hydroxyl groups is 1. The Hall–Kier alpha value is -2.35. The zero-order valence-electron chi connectivity index (χ0n) is 11.6. The number of rotatable bonds is 5. The number of hydrogen-bond donors (Lipinski definition) is 2. The highest BCUT2D eigenvalue weighted by Crippen LogP contribution is 2.16. The number of hydrazone groups is 1. The number of aromatic nitrogens is 3. The van der Waals surface area contributed by atoms with E-state index in [9.17, 15) is 9.90 Å². The summed E-state index contributed by atoms with van der Waals surface area (Å²) in [7, 11) is 1.81. The number of carbonyl (C=O) groups is 1. The van der Waals surface area contributed by atoms with Gasteiger partial charge in [-0.3, -0.25) is 4.79 Å². The first kappa shape index (κ1) is 15.0. The van der Waals surface area contributed by atoms with Gasteiger partial charge in [-0.2, -0.15) is 5.10 Å². The van der Waals surface area contributed by atoms with Crippen LogP contribution in [0.15, 0.2) is 40.9 Å². The number of carbonyl (C=O) groups excluding carboxylic acids is 1. The molecule has 1 aromatic carbocycles. The molecule has 2 N–H and O–H groups in total. The van der Waals surface area contributed by atoms with E-state index in [1.54, 1.807) is 49.1 Å². The van der Waals surface area contributed by atoms with Crippen molar-refractivity contribution < 1.29 is 9.90 Å². The average Bonchev–Trinajstić information content (AvgIpc) is 2.88. The maximum Gasteiger partial charge on any atom is 0.250 e. The van der Waals surface area contributed by atoms with E-state index in [4.69, 9.17) is 0 Å². The molecule has 1 aromatic heterocycles. The van der Waals surface area contributed by atoms with Crippen molar-refractivity contribution >= 4 is 23.4 Å². The van der Waals surface area contributed by atoms with Gasteiger partial charge in [0, 0.05) is 12.6 Å². The molecule has 1 amide bonds. The summed E-state index contributed by atoms with van der Waals surface area (Å²) in [6.07, 6.45) is 1.57. The molecule has 1 heterocycles. The number of benzene rings is 1. The molecule has 2 aromatic rings. The Morgan fingerprint density at radius 3 is 2.90 bits per heavy atom. The van der Waals surface area contributed by atoms with E-state index in [-0.39, 0.29) is 17.4 Å². The fraction of sp³-hybridized carbons (Fsp3) is 0.231. The van der Waals surface area contributed by atoms with Crippen LogP contribution in [-0.4, -0.2) is 37.2 Å². The summed E-state index contributed by atoms with van der Waals surface area (Å²) in [6, 6.07) is 6.82. The Morgan fingerprint density at radius 2 is 2.24 bits per heavy atom. The van der Waals surface area contributed by atoms with E-state index in [0.29, 0.717) is 16.4 Å². The summed E-state index contributed by atoms with van der Waals surface area (Å²) in [5.41, 5.74) is 3.56. The Morgan fingerprint density at radius 1 is 1.48 bits per heavy atom. The molecular formula is C13H15N5O2S. The number of thioether (sulfide) groups is 1. The standard InChI is InChI=1S/C13H15N5O2S/c1-9(10-5-3-4-6-11(10)19)15-16-12(20)7-21-13-17-14-8-18(13)2/h3-6,8,19H,7H2,1-2H3,(H,16,20)/b15-9+. The number of nitrogens with one attached hydrogen (secondary N) is 1. The maximum atomic E-state index is 11.7. The number of aryl methyl sites for hydroxylation is 1. The lowest BCUT2D eigenvalue weighted by atomic mass is 10.1. The average molecular weight is 305 g/mol. The van der Waals surface area contributed by atoms with Gasteiger partial charge in [-0.05, 0) is 19.1 Å². The monoisotopic (exact) mass is 305 g/mol. The van der Waals surface area contributed by atoms with E-state index < -0.39 is 0 Å². The van der Waals surface area contributed by atoms with E-state index >= 15 is 0 Å². The van der Waals surface area contributed by atoms with Gasteiger partial charge < -0.3 is 9.67 Å². The minimum Gasteiger partial charge on any atom is -0.507 e. The lowest BCUT2D eigenvalue weighted by Gasteiger charge is -2.04. The minimum absolute atomic E-state index is 0.126. The Balaban J connectivity index is 1.90. The summed E-state index contributed by atoms with van der Waals surface area (Å²) >= 11 is 1.27. The van der Waals surface area contributed by atoms with Gasteiger partial charge in [-0.15, -0.1) is 10.2 Å². The SMILES string of the molecule is C/C(=N\NC(=O)CSc1nncn1C)c1ccccc1O. The van der Waals surface area contributed by atoms with Crippen molar-refractivity contribution in [2.24, 2.45) is 12.1 Å². The fourth-order valence-electron chi connectivity index (χ4n) is 1.55. The first-order valence-corrected chi connectivity index (χ1v) is 7.15. The molecule has 21 heavy (non-hydrogen) atoms. The Bertz CT molecular complexity index is 668. The molecule has 0 spiro atoms. The molecule has 0 saturated heterocycles. The third-order valence-electron chi connectivity index (χ3n) is 2.64. The fourth-order valence-corrected chi connectivity index (χ4v) is 2.23. The van der Waals surface area contributed by atoms with E-state index in [0.717, 1.165) is 0 Å². The predicted molar refractivity (Wildman–Crippen MR) is 80.2 cm³/mol. The second kappa shape index (κ2) is 6.89. The van der Waals surface area contributed by atoms with E-state index in [1.807, 2.05) is 0 Å². The number of phenols is 1. The highest BCUT2D eigenvalue weighted by molar-refractivity contribution is 7.99.